The van der Waals surface area contributed by atoms with Crippen molar-refractivity contribution in [1.29, 1.82) is 0 Å². The summed E-state index contributed by atoms with van der Waals surface area (Å²) in [7, 11) is -3.52. The number of nitrogens with zero attached hydrogens (tertiary/aromatic N) is 2. The fourth-order valence-corrected chi connectivity index (χ4v) is 3.57. The predicted octanol–water partition coefficient (Wildman–Crippen LogP) is 2.52. The van der Waals surface area contributed by atoms with Gasteiger partial charge in [0.25, 0.3) is 0 Å². The Hall–Kier alpha value is -2.12. The third kappa shape index (κ3) is 5.72. The van der Waals surface area contributed by atoms with E-state index < -0.39 is 10.0 Å². The molecule has 2 rings (SSSR count). The summed E-state index contributed by atoms with van der Waals surface area (Å²) < 4.78 is 25.5. The highest BCUT2D eigenvalue weighted by atomic mass is 35.5. The second-order valence-electron chi connectivity index (χ2n) is 5.65. The Morgan fingerprint density at radius 1 is 1.32 bits per heavy atom. The van der Waals surface area contributed by atoms with Gasteiger partial charge in [-0.2, -0.15) is 0 Å². The maximum Gasteiger partial charge on any atom is 0.232 e. The van der Waals surface area contributed by atoms with Crippen LogP contribution in [0, 0.1) is 6.92 Å². The van der Waals surface area contributed by atoms with Crippen molar-refractivity contribution in [3.8, 4) is 0 Å². The lowest BCUT2D eigenvalue weighted by molar-refractivity contribution is -0.121. The SMILES string of the molecule is Cc1cc(Cl)ccc1N(CCC(=O)NCc1cccnc1)S(C)(=O)=O. The van der Waals surface area contributed by atoms with Gasteiger partial charge in [0.1, 0.15) is 0 Å². The van der Waals surface area contributed by atoms with Crippen LogP contribution in [0.5, 0.6) is 0 Å². The third-order valence-electron chi connectivity index (χ3n) is 3.58. The number of hydrogen-bond donors (Lipinski definition) is 1. The highest BCUT2D eigenvalue weighted by Gasteiger charge is 2.20. The number of hydrogen-bond acceptors (Lipinski definition) is 4. The van der Waals surface area contributed by atoms with Crippen LogP contribution in [0.15, 0.2) is 42.7 Å². The molecule has 1 amide bonds. The standard InChI is InChI=1S/C17H20ClN3O3S/c1-13-10-15(18)5-6-16(13)21(25(2,23)24)9-7-17(22)20-12-14-4-3-8-19-11-14/h3-6,8,10-11H,7,9,12H2,1-2H3,(H,20,22). The van der Waals surface area contributed by atoms with Crippen LogP contribution in [0.25, 0.3) is 0 Å². The Morgan fingerprint density at radius 2 is 2.08 bits per heavy atom. The fraction of sp³-hybridized carbons (Fsp3) is 0.294. The summed E-state index contributed by atoms with van der Waals surface area (Å²) in [6.07, 6.45) is 4.49. The number of aryl methyl sites for hydroxylation is 1. The number of nitrogens with one attached hydrogen (secondary N) is 1. The quantitative estimate of drug-likeness (QED) is 0.799. The number of carbonyl (C=O) groups is 1. The molecule has 2 aromatic rings. The molecule has 6 nitrogen and oxygen atoms in total. The van der Waals surface area contributed by atoms with Gasteiger partial charge in [0.15, 0.2) is 0 Å². The van der Waals surface area contributed by atoms with Crippen molar-refractivity contribution >= 4 is 33.2 Å². The Kier molecular flexibility index (Phi) is 6.39. The Bertz CT molecular complexity index is 841. The van der Waals surface area contributed by atoms with E-state index in [-0.39, 0.29) is 18.9 Å². The monoisotopic (exact) mass is 381 g/mol. The fourth-order valence-electron chi connectivity index (χ4n) is 2.36. The van der Waals surface area contributed by atoms with Crippen LogP contribution in [0.3, 0.4) is 0 Å². The van der Waals surface area contributed by atoms with E-state index in [1.54, 1.807) is 43.6 Å². The van der Waals surface area contributed by atoms with E-state index in [4.69, 9.17) is 11.6 Å². The van der Waals surface area contributed by atoms with Crippen LogP contribution in [0.4, 0.5) is 5.69 Å². The van der Waals surface area contributed by atoms with Crippen molar-refractivity contribution in [2.75, 3.05) is 17.1 Å². The van der Waals surface area contributed by atoms with E-state index in [1.807, 2.05) is 6.07 Å². The van der Waals surface area contributed by atoms with E-state index in [1.165, 1.54) is 4.31 Å². The number of pyridine rings is 1. The molecular formula is C17H20ClN3O3S. The maximum atomic E-state index is 12.1. The first-order valence-corrected chi connectivity index (χ1v) is 9.89. The highest BCUT2D eigenvalue weighted by Crippen LogP contribution is 2.25. The van der Waals surface area contributed by atoms with Crippen molar-refractivity contribution in [2.24, 2.45) is 0 Å². The number of halogens is 1. The summed E-state index contributed by atoms with van der Waals surface area (Å²) in [6.45, 7) is 2.19. The summed E-state index contributed by atoms with van der Waals surface area (Å²) >= 11 is 5.93. The zero-order chi connectivity index (χ0) is 18.4. The molecule has 134 valence electrons. The van der Waals surface area contributed by atoms with Gasteiger partial charge in [0.2, 0.25) is 15.9 Å². The van der Waals surface area contributed by atoms with E-state index >= 15 is 0 Å². The molecule has 0 fully saturated rings. The number of rotatable bonds is 7. The number of amides is 1. The minimum absolute atomic E-state index is 0.0510. The number of benzene rings is 1. The zero-order valence-electron chi connectivity index (χ0n) is 14.1. The first kappa shape index (κ1) is 19.2. The molecule has 0 atom stereocenters. The molecule has 0 bridgehead atoms. The van der Waals surface area contributed by atoms with Gasteiger partial charge in [0, 0.05) is 36.9 Å². The van der Waals surface area contributed by atoms with Crippen molar-refractivity contribution in [3.63, 3.8) is 0 Å². The van der Waals surface area contributed by atoms with Gasteiger partial charge in [-0.05, 0) is 42.3 Å². The predicted molar refractivity (Wildman–Crippen MR) is 99.1 cm³/mol. The van der Waals surface area contributed by atoms with Crippen molar-refractivity contribution in [1.82, 2.24) is 10.3 Å². The van der Waals surface area contributed by atoms with Crippen LogP contribution >= 0.6 is 11.6 Å². The maximum absolute atomic E-state index is 12.1. The molecule has 0 aliphatic rings. The average Bonchev–Trinajstić information content (AvgIpc) is 2.54. The van der Waals surface area contributed by atoms with E-state index in [2.05, 4.69) is 10.3 Å². The lowest BCUT2D eigenvalue weighted by Crippen LogP contribution is -2.35. The minimum atomic E-state index is -3.52. The second-order valence-corrected chi connectivity index (χ2v) is 8.00. The molecule has 8 heteroatoms. The summed E-state index contributed by atoms with van der Waals surface area (Å²) in [5, 5.41) is 3.29. The van der Waals surface area contributed by atoms with E-state index in [9.17, 15) is 13.2 Å². The lowest BCUT2D eigenvalue weighted by atomic mass is 10.2. The van der Waals surface area contributed by atoms with Gasteiger partial charge in [-0.15, -0.1) is 0 Å². The van der Waals surface area contributed by atoms with Gasteiger partial charge >= 0.3 is 0 Å². The summed E-state index contributed by atoms with van der Waals surface area (Å²) in [4.78, 5) is 16.0. The Balaban J connectivity index is 2.02. The molecule has 25 heavy (non-hydrogen) atoms. The molecule has 0 saturated heterocycles. The largest absolute Gasteiger partial charge is 0.352 e. The van der Waals surface area contributed by atoms with Crippen LogP contribution < -0.4 is 9.62 Å². The van der Waals surface area contributed by atoms with Crippen LogP contribution in [0.1, 0.15) is 17.5 Å². The summed E-state index contributed by atoms with van der Waals surface area (Å²) in [6, 6.07) is 8.61. The first-order chi connectivity index (χ1) is 11.8. The molecule has 1 aromatic heterocycles. The van der Waals surface area contributed by atoms with Gasteiger partial charge in [-0.3, -0.25) is 14.1 Å². The van der Waals surface area contributed by atoms with Crippen LogP contribution in [-0.4, -0.2) is 32.1 Å². The molecule has 0 radical (unpaired) electrons. The van der Waals surface area contributed by atoms with Crippen LogP contribution in [0.2, 0.25) is 5.02 Å². The molecule has 0 spiro atoms. The Morgan fingerprint density at radius 3 is 2.68 bits per heavy atom. The molecule has 0 unspecified atom stereocenters. The molecule has 1 heterocycles. The van der Waals surface area contributed by atoms with Crippen molar-refractivity contribution < 1.29 is 13.2 Å². The summed E-state index contributed by atoms with van der Waals surface area (Å²) in [5.74, 6) is -0.232. The van der Waals surface area contributed by atoms with Gasteiger partial charge in [0.05, 0.1) is 11.9 Å². The van der Waals surface area contributed by atoms with E-state index in [0.717, 1.165) is 17.4 Å². The summed E-state index contributed by atoms with van der Waals surface area (Å²) in [5.41, 5.74) is 2.13. The number of sulfonamides is 1. The molecular weight excluding hydrogens is 362 g/mol. The number of carbonyl (C=O) groups excluding carboxylic acids is 1. The molecule has 1 N–H and O–H groups in total. The molecule has 0 saturated carbocycles. The van der Waals surface area contributed by atoms with Gasteiger partial charge in [-0.25, -0.2) is 8.42 Å². The first-order valence-electron chi connectivity index (χ1n) is 7.67. The topological polar surface area (TPSA) is 79.4 Å². The number of aromatic nitrogens is 1. The third-order valence-corrected chi connectivity index (χ3v) is 5.00. The minimum Gasteiger partial charge on any atom is -0.352 e. The Labute approximate surface area is 152 Å². The van der Waals surface area contributed by atoms with Crippen molar-refractivity contribution in [2.45, 2.75) is 19.9 Å². The highest BCUT2D eigenvalue weighted by molar-refractivity contribution is 7.92. The molecule has 0 aliphatic heterocycles. The molecule has 1 aromatic carbocycles. The smallest absolute Gasteiger partial charge is 0.232 e. The normalized spacial score (nSPS) is 11.2. The van der Waals surface area contributed by atoms with E-state index in [0.29, 0.717) is 17.3 Å². The van der Waals surface area contributed by atoms with Gasteiger partial charge in [-0.1, -0.05) is 17.7 Å². The lowest BCUT2D eigenvalue weighted by Gasteiger charge is -2.24. The number of anilines is 1. The average molecular weight is 382 g/mol. The second kappa shape index (κ2) is 8.31. The van der Waals surface area contributed by atoms with Crippen LogP contribution in [-0.2, 0) is 21.4 Å². The zero-order valence-corrected chi connectivity index (χ0v) is 15.6. The van der Waals surface area contributed by atoms with Gasteiger partial charge < -0.3 is 5.32 Å². The van der Waals surface area contributed by atoms with Crippen molar-refractivity contribution in [3.05, 3.63) is 58.9 Å². The molecule has 0 aliphatic carbocycles.